The summed E-state index contributed by atoms with van der Waals surface area (Å²) < 4.78 is 0. The first-order valence-electron chi connectivity index (χ1n) is 5.73. The molecule has 0 aliphatic rings. The summed E-state index contributed by atoms with van der Waals surface area (Å²) in [4.78, 5) is 22.4. The van der Waals surface area contributed by atoms with Crippen molar-refractivity contribution >= 4 is 11.9 Å². The van der Waals surface area contributed by atoms with Gasteiger partial charge in [-0.1, -0.05) is 34.6 Å². The van der Waals surface area contributed by atoms with Crippen molar-refractivity contribution < 1.29 is 14.7 Å². The summed E-state index contributed by atoms with van der Waals surface area (Å²) in [5.41, 5.74) is -0.0214. The van der Waals surface area contributed by atoms with Gasteiger partial charge in [0.25, 0.3) is 0 Å². The van der Waals surface area contributed by atoms with Crippen molar-refractivity contribution in [2.75, 3.05) is 6.54 Å². The molecule has 0 rings (SSSR count). The molecular weight excluding hydrogens is 206 g/mol. The SMILES string of the molecule is CCC(C(=O)O)C(=O)NCC(C)(C)C(C)C. The topological polar surface area (TPSA) is 66.4 Å². The zero-order valence-electron chi connectivity index (χ0n) is 10.8. The summed E-state index contributed by atoms with van der Waals surface area (Å²) in [6.07, 6.45) is 0.323. The highest BCUT2D eigenvalue weighted by molar-refractivity contribution is 5.96. The van der Waals surface area contributed by atoms with Gasteiger partial charge in [-0.05, 0) is 17.8 Å². The molecule has 0 aromatic rings. The Bertz CT molecular complexity index is 259. The van der Waals surface area contributed by atoms with Gasteiger partial charge in [-0.15, -0.1) is 0 Å². The van der Waals surface area contributed by atoms with E-state index in [1.54, 1.807) is 6.92 Å². The number of aliphatic carboxylic acids is 1. The predicted octanol–water partition coefficient (Wildman–Crippen LogP) is 1.90. The zero-order chi connectivity index (χ0) is 12.9. The Balaban J connectivity index is 4.31. The van der Waals surface area contributed by atoms with Crippen molar-refractivity contribution in [3.8, 4) is 0 Å². The van der Waals surface area contributed by atoms with Crippen molar-refractivity contribution in [2.45, 2.75) is 41.0 Å². The molecule has 16 heavy (non-hydrogen) atoms. The van der Waals surface area contributed by atoms with Gasteiger partial charge in [-0.2, -0.15) is 0 Å². The number of carboxylic acids is 1. The lowest BCUT2D eigenvalue weighted by Crippen LogP contribution is -2.41. The van der Waals surface area contributed by atoms with Gasteiger partial charge in [0.1, 0.15) is 5.92 Å². The van der Waals surface area contributed by atoms with Crippen LogP contribution in [0.25, 0.3) is 0 Å². The lowest BCUT2D eigenvalue weighted by atomic mass is 9.81. The van der Waals surface area contributed by atoms with Crippen LogP contribution in [0.2, 0.25) is 0 Å². The van der Waals surface area contributed by atoms with Gasteiger partial charge in [0, 0.05) is 6.54 Å². The maximum Gasteiger partial charge on any atom is 0.316 e. The molecule has 1 unspecified atom stereocenters. The first kappa shape index (κ1) is 14.9. The Morgan fingerprint density at radius 2 is 1.81 bits per heavy atom. The lowest BCUT2D eigenvalue weighted by Gasteiger charge is -2.29. The van der Waals surface area contributed by atoms with E-state index in [-0.39, 0.29) is 11.3 Å². The second-order valence-corrected chi connectivity index (χ2v) is 5.16. The molecule has 2 N–H and O–H groups in total. The fourth-order valence-electron chi connectivity index (χ4n) is 1.11. The van der Waals surface area contributed by atoms with Crippen LogP contribution in [0.4, 0.5) is 0 Å². The summed E-state index contributed by atoms with van der Waals surface area (Å²) in [6, 6.07) is 0. The summed E-state index contributed by atoms with van der Waals surface area (Å²) >= 11 is 0. The van der Waals surface area contributed by atoms with Crippen LogP contribution in [-0.4, -0.2) is 23.5 Å². The standard InChI is InChI=1S/C12H23NO3/c1-6-9(11(15)16)10(14)13-7-12(4,5)8(2)3/h8-9H,6-7H2,1-5H3,(H,13,14)(H,15,16). The third kappa shape index (κ3) is 4.21. The van der Waals surface area contributed by atoms with Crippen LogP contribution >= 0.6 is 0 Å². The van der Waals surface area contributed by atoms with E-state index in [0.29, 0.717) is 18.9 Å². The average molecular weight is 229 g/mol. The van der Waals surface area contributed by atoms with E-state index < -0.39 is 11.9 Å². The summed E-state index contributed by atoms with van der Waals surface area (Å²) in [7, 11) is 0. The number of rotatable bonds is 6. The van der Waals surface area contributed by atoms with Gasteiger partial charge >= 0.3 is 5.97 Å². The first-order valence-corrected chi connectivity index (χ1v) is 5.73. The molecule has 0 heterocycles. The fraction of sp³-hybridized carbons (Fsp3) is 0.833. The molecule has 0 aliphatic heterocycles. The van der Waals surface area contributed by atoms with Crippen LogP contribution in [0.5, 0.6) is 0 Å². The third-order valence-electron chi connectivity index (χ3n) is 3.30. The van der Waals surface area contributed by atoms with Crippen LogP contribution in [0.1, 0.15) is 41.0 Å². The molecule has 4 heteroatoms. The number of carbonyl (C=O) groups is 2. The second-order valence-electron chi connectivity index (χ2n) is 5.16. The summed E-state index contributed by atoms with van der Waals surface area (Å²) in [5.74, 6) is -1.94. The average Bonchev–Trinajstić information content (AvgIpc) is 2.15. The van der Waals surface area contributed by atoms with E-state index in [9.17, 15) is 9.59 Å². The molecule has 94 valence electrons. The van der Waals surface area contributed by atoms with E-state index in [2.05, 4.69) is 33.0 Å². The van der Waals surface area contributed by atoms with Gasteiger partial charge in [0.15, 0.2) is 0 Å². The molecule has 0 saturated heterocycles. The largest absolute Gasteiger partial charge is 0.481 e. The van der Waals surface area contributed by atoms with Crippen LogP contribution < -0.4 is 5.32 Å². The molecular formula is C12H23NO3. The molecule has 0 aromatic heterocycles. The maximum absolute atomic E-state index is 11.6. The summed E-state index contributed by atoms with van der Waals surface area (Å²) in [6.45, 7) is 10.5. The summed E-state index contributed by atoms with van der Waals surface area (Å²) in [5, 5.41) is 11.5. The molecule has 1 amide bonds. The normalized spacial score (nSPS) is 13.6. The minimum Gasteiger partial charge on any atom is -0.481 e. The Hall–Kier alpha value is -1.06. The molecule has 0 bridgehead atoms. The number of nitrogens with one attached hydrogen (secondary N) is 1. The molecule has 0 spiro atoms. The Morgan fingerprint density at radius 1 is 1.31 bits per heavy atom. The molecule has 0 radical (unpaired) electrons. The van der Waals surface area contributed by atoms with E-state index in [4.69, 9.17) is 5.11 Å². The van der Waals surface area contributed by atoms with Crippen molar-refractivity contribution in [3.63, 3.8) is 0 Å². The van der Waals surface area contributed by atoms with Crippen LogP contribution in [0.15, 0.2) is 0 Å². The van der Waals surface area contributed by atoms with Crippen molar-refractivity contribution in [1.82, 2.24) is 5.32 Å². The van der Waals surface area contributed by atoms with E-state index in [0.717, 1.165) is 0 Å². The highest BCUT2D eigenvalue weighted by atomic mass is 16.4. The Labute approximate surface area is 97.4 Å². The second kappa shape index (κ2) is 5.87. The van der Waals surface area contributed by atoms with Crippen LogP contribution in [-0.2, 0) is 9.59 Å². The smallest absolute Gasteiger partial charge is 0.316 e. The fourth-order valence-corrected chi connectivity index (χ4v) is 1.11. The van der Waals surface area contributed by atoms with E-state index >= 15 is 0 Å². The third-order valence-corrected chi connectivity index (χ3v) is 3.30. The van der Waals surface area contributed by atoms with E-state index in [1.807, 2.05) is 0 Å². The van der Waals surface area contributed by atoms with Crippen LogP contribution in [0, 0.1) is 17.3 Å². The minimum absolute atomic E-state index is 0.0214. The minimum atomic E-state index is -1.05. The van der Waals surface area contributed by atoms with Crippen LogP contribution in [0.3, 0.4) is 0 Å². The van der Waals surface area contributed by atoms with E-state index in [1.165, 1.54) is 0 Å². The number of hydrogen-bond donors (Lipinski definition) is 2. The number of hydrogen-bond acceptors (Lipinski definition) is 2. The maximum atomic E-state index is 11.6. The molecule has 0 aromatic carbocycles. The van der Waals surface area contributed by atoms with Gasteiger partial charge in [0.2, 0.25) is 5.91 Å². The first-order chi connectivity index (χ1) is 7.22. The van der Waals surface area contributed by atoms with Gasteiger partial charge in [0.05, 0.1) is 0 Å². The lowest BCUT2D eigenvalue weighted by molar-refractivity contribution is -0.147. The monoisotopic (exact) mass is 229 g/mol. The van der Waals surface area contributed by atoms with Gasteiger partial charge in [-0.3, -0.25) is 9.59 Å². The molecule has 0 fully saturated rings. The highest BCUT2D eigenvalue weighted by Gasteiger charge is 2.27. The predicted molar refractivity (Wildman–Crippen MR) is 63.0 cm³/mol. The number of carbonyl (C=O) groups excluding carboxylic acids is 1. The Kier molecular flexibility index (Phi) is 5.48. The van der Waals surface area contributed by atoms with Crippen molar-refractivity contribution in [1.29, 1.82) is 0 Å². The number of amides is 1. The van der Waals surface area contributed by atoms with Gasteiger partial charge in [-0.25, -0.2) is 0 Å². The molecule has 1 atom stereocenters. The zero-order valence-corrected chi connectivity index (χ0v) is 10.8. The number of carboxylic acid groups (broad SMARTS) is 1. The Morgan fingerprint density at radius 3 is 2.12 bits per heavy atom. The molecule has 0 saturated carbocycles. The van der Waals surface area contributed by atoms with Crippen molar-refractivity contribution in [3.05, 3.63) is 0 Å². The van der Waals surface area contributed by atoms with Gasteiger partial charge < -0.3 is 10.4 Å². The highest BCUT2D eigenvalue weighted by Crippen LogP contribution is 2.24. The van der Waals surface area contributed by atoms with Crippen molar-refractivity contribution in [2.24, 2.45) is 17.3 Å². The molecule has 0 aliphatic carbocycles. The molecule has 4 nitrogen and oxygen atoms in total. The quantitative estimate of drug-likeness (QED) is 0.683.